The second-order valence-corrected chi connectivity index (χ2v) is 8.49. The van der Waals surface area contributed by atoms with Gasteiger partial charge in [-0.2, -0.15) is 0 Å². The Kier molecular flexibility index (Phi) is 7.08. The molecule has 6 nitrogen and oxygen atoms in total. The number of likely N-dealkylation sites (N-methyl/N-ethyl adjacent to an activating group) is 1. The number of methoxy groups -OCH3 is 1. The maximum Gasteiger partial charge on any atom is 0.241 e. The topological polar surface area (TPSA) is 55.7 Å². The predicted octanol–water partition coefficient (Wildman–Crippen LogP) is 5.68. The second-order valence-electron chi connectivity index (χ2n) is 8.49. The van der Waals surface area contributed by atoms with E-state index in [0.29, 0.717) is 18.9 Å². The lowest BCUT2D eigenvalue weighted by atomic mass is 10.1. The minimum Gasteiger partial charge on any atom is -0.493 e. The van der Waals surface area contributed by atoms with E-state index in [1.54, 1.807) is 7.11 Å². The lowest BCUT2D eigenvalue weighted by Gasteiger charge is -2.24. The first-order valence-electron chi connectivity index (χ1n) is 11.8. The van der Waals surface area contributed by atoms with Gasteiger partial charge in [0, 0.05) is 40.6 Å². The normalized spacial score (nSPS) is 12.3. The third-order valence-electron chi connectivity index (χ3n) is 6.36. The van der Waals surface area contributed by atoms with Gasteiger partial charge in [-0.05, 0) is 69.8 Å². The molecule has 0 radical (unpaired) electrons. The predicted molar refractivity (Wildman–Crippen MR) is 139 cm³/mol. The van der Waals surface area contributed by atoms with Gasteiger partial charge in [-0.1, -0.05) is 24.3 Å². The highest BCUT2D eigenvalue weighted by Crippen LogP contribution is 2.31. The number of benzene rings is 3. The Morgan fingerprint density at radius 3 is 2.50 bits per heavy atom. The van der Waals surface area contributed by atoms with Crippen LogP contribution >= 0.6 is 0 Å². The first kappa shape index (κ1) is 23.6. The highest BCUT2D eigenvalue weighted by Gasteiger charge is 2.20. The zero-order valence-electron chi connectivity index (χ0n) is 20.6. The fourth-order valence-corrected chi connectivity index (χ4v) is 4.43. The van der Waals surface area contributed by atoms with E-state index in [4.69, 9.17) is 9.47 Å². The van der Waals surface area contributed by atoms with Crippen LogP contribution in [-0.2, 0) is 17.9 Å². The Labute approximate surface area is 201 Å². The molecule has 1 unspecified atom stereocenters. The average molecular weight is 460 g/mol. The molecule has 6 heteroatoms. The van der Waals surface area contributed by atoms with Crippen LogP contribution in [0.1, 0.15) is 26.3 Å². The number of aromatic nitrogens is 1. The number of nitrogens with one attached hydrogen (secondary N) is 1. The van der Waals surface area contributed by atoms with E-state index in [1.165, 1.54) is 16.4 Å². The van der Waals surface area contributed by atoms with Crippen molar-refractivity contribution in [3.8, 4) is 11.5 Å². The van der Waals surface area contributed by atoms with Gasteiger partial charge in [0.25, 0.3) is 0 Å². The molecule has 1 heterocycles. The number of para-hydroxylation sites is 1. The molecular formula is C28H33N3O3. The van der Waals surface area contributed by atoms with Gasteiger partial charge in [0.15, 0.2) is 11.5 Å². The van der Waals surface area contributed by atoms with Gasteiger partial charge < -0.3 is 19.4 Å². The van der Waals surface area contributed by atoms with E-state index >= 15 is 0 Å². The quantitative estimate of drug-likeness (QED) is 0.350. The maximum absolute atomic E-state index is 13.1. The molecular weight excluding hydrogens is 426 g/mol. The molecule has 4 rings (SSSR count). The standard InChI is InChI=1S/C28H33N3O3/c1-6-31-24-11-9-8-10-22(24)23-17-21(13-14-25(23)31)29-28(32)19(3)30(4)18-20-12-15-26(34-7-2)27(16-20)33-5/h8-17,19H,6-7,18H2,1-5H3,(H,29,32). The van der Waals surface area contributed by atoms with Gasteiger partial charge >= 0.3 is 0 Å². The van der Waals surface area contributed by atoms with E-state index in [0.717, 1.165) is 28.9 Å². The Bertz CT molecular complexity index is 1310. The van der Waals surface area contributed by atoms with Crippen molar-refractivity contribution in [2.45, 2.75) is 39.9 Å². The number of nitrogens with zero attached hydrogens (tertiary/aromatic N) is 2. The van der Waals surface area contributed by atoms with Crippen molar-refractivity contribution >= 4 is 33.4 Å². The lowest BCUT2D eigenvalue weighted by Crippen LogP contribution is -2.39. The van der Waals surface area contributed by atoms with Crippen molar-refractivity contribution in [3.05, 3.63) is 66.2 Å². The van der Waals surface area contributed by atoms with Crippen LogP contribution in [0.5, 0.6) is 11.5 Å². The van der Waals surface area contributed by atoms with Crippen molar-refractivity contribution in [1.29, 1.82) is 0 Å². The zero-order chi connectivity index (χ0) is 24.2. The zero-order valence-corrected chi connectivity index (χ0v) is 20.6. The molecule has 4 aromatic rings. The van der Waals surface area contributed by atoms with Gasteiger partial charge in [0.1, 0.15) is 0 Å². The maximum atomic E-state index is 13.1. The van der Waals surface area contributed by atoms with E-state index in [1.807, 2.05) is 50.1 Å². The molecule has 3 aromatic carbocycles. The number of carbonyl (C=O) groups excluding carboxylic acids is 1. The third-order valence-corrected chi connectivity index (χ3v) is 6.36. The minimum atomic E-state index is -0.315. The Morgan fingerprint density at radius 1 is 1.00 bits per heavy atom. The van der Waals surface area contributed by atoms with Crippen LogP contribution in [0, 0.1) is 0 Å². The number of fused-ring (bicyclic) bond motifs is 3. The summed E-state index contributed by atoms with van der Waals surface area (Å²) in [5, 5.41) is 5.46. The number of aryl methyl sites for hydroxylation is 1. The number of anilines is 1. The summed E-state index contributed by atoms with van der Waals surface area (Å²) in [7, 11) is 3.58. The van der Waals surface area contributed by atoms with E-state index < -0.39 is 0 Å². The van der Waals surface area contributed by atoms with E-state index in [2.05, 4.69) is 53.2 Å². The highest BCUT2D eigenvalue weighted by molar-refractivity contribution is 6.10. The monoisotopic (exact) mass is 459 g/mol. The first-order valence-corrected chi connectivity index (χ1v) is 11.8. The van der Waals surface area contributed by atoms with Crippen molar-refractivity contribution in [2.75, 3.05) is 26.1 Å². The first-order chi connectivity index (χ1) is 16.5. The van der Waals surface area contributed by atoms with Crippen LogP contribution in [0.25, 0.3) is 21.8 Å². The Balaban J connectivity index is 1.49. The van der Waals surface area contributed by atoms with Gasteiger partial charge in [0.05, 0.1) is 19.8 Å². The molecule has 1 amide bonds. The molecule has 0 fully saturated rings. The summed E-state index contributed by atoms with van der Waals surface area (Å²) in [5.74, 6) is 1.38. The SMILES string of the molecule is CCOc1ccc(CN(C)C(C)C(=O)Nc2ccc3c(c2)c2ccccc2n3CC)cc1OC. The summed E-state index contributed by atoms with van der Waals surface area (Å²) in [6, 6.07) is 20.1. The summed E-state index contributed by atoms with van der Waals surface area (Å²) in [5.41, 5.74) is 4.24. The summed E-state index contributed by atoms with van der Waals surface area (Å²) < 4.78 is 13.4. The fourth-order valence-electron chi connectivity index (χ4n) is 4.43. The molecule has 0 spiro atoms. The summed E-state index contributed by atoms with van der Waals surface area (Å²) in [6.45, 7) is 8.11. The molecule has 0 aliphatic heterocycles. The third kappa shape index (κ3) is 4.59. The number of rotatable bonds is 9. The number of carbonyl (C=O) groups is 1. The van der Waals surface area contributed by atoms with Crippen LogP contribution in [0.4, 0.5) is 5.69 Å². The summed E-state index contributed by atoms with van der Waals surface area (Å²) in [6.07, 6.45) is 0. The van der Waals surface area contributed by atoms with Crippen molar-refractivity contribution < 1.29 is 14.3 Å². The van der Waals surface area contributed by atoms with E-state index in [9.17, 15) is 4.79 Å². The van der Waals surface area contributed by atoms with Crippen LogP contribution < -0.4 is 14.8 Å². The number of ether oxygens (including phenoxy) is 2. The molecule has 0 aliphatic rings. The number of hydrogen-bond donors (Lipinski definition) is 1. The minimum absolute atomic E-state index is 0.0426. The summed E-state index contributed by atoms with van der Waals surface area (Å²) >= 11 is 0. The van der Waals surface area contributed by atoms with Crippen molar-refractivity contribution in [3.63, 3.8) is 0 Å². The van der Waals surface area contributed by atoms with Gasteiger partial charge in [-0.25, -0.2) is 0 Å². The molecule has 0 aliphatic carbocycles. The molecule has 34 heavy (non-hydrogen) atoms. The van der Waals surface area contributed by atoms with Crippen LogP contribution in [0.3, 0.4) is 0 Å². The van der Waals surface area contributed by atoms with Crippen LogP contribution in [0.15, 0.2) is 60.7 Å². The van der Waals surface area contributed by atoms with Crippen molar-refractivity contribution in [2.24, 2.45) is 0 Å². The molecule has 1 N–H and O–H groups in total. The summed E-state index contributed by atoms with van der Waals surface area (Å²) in [4.78, 5) is 15.1. The van der Waals surface area contributed by atoms with Crippen molar-refractivity contribution in [1.82, 2.24) is 9.47 Å². The van der Waals surface area contributed by atoms with Gasteiger partial charge in [0.2, 0.25) is 5.91 Å². The largest absolute Gasteiger partial charge is 0.493 e. The second kappa shape index (κ2) is 10.2. The average Bonchev–Trinajstić information content (AvgIpc) is 3.17. The number of hydrogen-bond acceptors (Lipinski definition) is 4. The smallest absolute Gasteiger partial charge is 0.241 e. The molecule has 178 valence electrons. The fraction of sp³-hybridized carbons (Fsp3) is 0.321. The van der Waals surface area contributed by atoms with Crippen LogP contribution in [0.2, 0.25) is 0 Å². The Morgan fingerprint density at radius 2 is 1.76 bits per heavy atom. The van der Waals surface area contributed by atoms with Crippen LogP contribution in [-0.4, -0.2) is 42.2 Å². The highest BCUT2D eigenvalue weighted by atomic mass is 16.5. The molecule has 0 bridgehead atoms. The molecule has 1 atom stereocenters. The molecule has 0 saturated carbocycles. The Hall–Kier alpha value is -3.51. The van der Waals surface area contributed by atoms with E-state index in [-0.39, 0.29) is 11.9 Å². The van der Waals surface area contributed by atoms with Gasteiger partial charge in [-0.15, -0.1) is 0 Å². The molecule has 1 aromatic heterocycles. The molecule has 0 saturated heterocycles. The lowest BCUT2D eigenvalue weighted by molar-refractivity contribution is -0.120. The van der Waals surface area contributed by atoms with Gasteiger partial charge in [-0.3, -0.25) is 9.69 Å². The number of amides is 1.